The van der Waals surface area contributed by atoms with E-state index in [0.29, 0.717) is 34.1 Å². The molecule has 356 valence electrons. The van der Waals surface area contributed by atoms with Gasteiger partial charge in [0.2, 0.25) is 0 Å². The van der Waals surface area contributed by atoms with Crippen LogP contribution in [0.15, 0.2) is 200 Å². The summed E-state index contributed by atoms with van der Waals surface area (Å²) in [4.78, 5) is 4.86. The lowest BCUT2D eigenvalue weighted by atomic mass is 9.78. The number of ether oxygens (including phenoxy) is 1. The van der Waals surface area contributed by atoms with Gasteiger partial charge in [-0.3, -0.25) is 13.7 Å². The Morgan fingerprint density at radius 3 is 1.99 bits per heavy atom. The number of fused-ring (bicyclic) bond motifs is 4. The Kier molecular flexibility index (Phi) is 9.67. The molecule has 0 aliphatic heterocycles. The molecule has 3 heterocycles. The Balaban J connectivity index is 1.06. The van der Waals surface area contributed by atoms with Crippen LogP contribution in [-0.2, 0) is 22.6 Å². The maximum Gasteiger partial charge on any atom is 0.269 e. The van der Waals surface area contributed by atoms with Crippen molar-refractivity contribution in [1.29, 1.82) is 0 Å². The fraction of sp³-hybridized carbons (Fsp3) is 0.194. The number of pyridine rings is 1. The number of hydrogen-bond acceptors (Lipinski definition) is 2. The van der Waals surface area contributed by atoms with E-state index in [9.17, 15) is 5.48 Å². The monoisotopic (exact) mass is 946 g/mol. The van der Waals surface area contributed by atoms with E-state index in [2.05, 4.69) is 88.8 Å². The molecule has 8 aromatic carbocycles. The van der Waals surface area contributed by atoms with Gasteiger partial charge in [0, 0.05) is 25.8 Å². The van der Waals surface area contributed by atoms with Gasteiger partial charge in [0.25, 0.3) is 6.33 Å². The smallest absolute Gasteiger partial charge is 0.269 e. The molecule has 0 aliphatic carbocycles. The SMILES string of the molecule is [2H]c1c([2H])c([2H])c(-c2cccc(-c3cc(C(C)(C)C)cc(C(C)(C)C)c3)c2-[n+]2[c-]n(-c3cccc(Oc4ccc5c6ccccc6n(-c6cc(C([2H])([2H])C(C)(C)c7ccccc7)ccn6)c5c4)c3)c3cccc(C)c32)c([2H])c1[2H]. The highest BCUT2D eigenvalue weighted by Crippen LogP contribution is 2.40. The average molecular weight is 946 g/mol. The lowest BCUT2D eigenvalue weighted by molar-refractivity contribution is -0.571. The summed E-state index contributed by atoms with van der Waals surface area (Å²) in [6.45, 7) is 19.1. The largest absolute Gasteiger partial charge is 0.458 e. The minimum absolute atomic E-state index is 0.101. The first kappa shape index (κ1) is 38.7. The molecule has 0 bridgehead atoms. The summed E-state index contributed by atoms with van der Waals surface area (Å²) in [5, 5.41) is 2.02. The minimum atomic E-state index is -1.76. The first-order valence-electron chi connectivity index (χ1n) is 28.1. The summed E-state index contributed by atoms with van der Waals surface area (Å²) >= 11 is 0. The molecule has 0 atom stereocenters. The van der Waals surface area contributed by atoms with Crippen molar-refractivity contribution in [3.8, 4) is 50.9 Å². The number of nitrogens with zero attached hydrogens (tertiary/aromatic N) is 4. The molecule has 0 unspecified atom stereocenters. The number of hydrogen-bond donors (Lipinski definition) is 0. The molecule has 3 aromatic heterocycles. The fourth-order valence-corrected chi connectivity index (χ4v) is 9.92. The van der Waals surface area contributed by atoms with Crippen LogP contribution in [0.1, 0.15) is 92.8 Å². The van der Waals surface area contributed by atoms with Gasteiger partial charge in [-0.1, -0.05) is 195 Å². The molecule has 0 radical (unpaired) electrons. The maximum atomic E-state index is 9.54. The number of para-hydroxylation sites is 3. The second-order valence-corrected chi connectivity index (χ2v) is 21.4. The van der Waals surface area contributed by atoms with Crippen LogP contribution >= 0.6 is 0 Å². The van der Waals surface area contributed by atoms with Gasteiger partial charge in [0.05, 0.1) is 40.3 Å². The Morgan fingerprint density at radius 1 is 0.583 bits per heavy atom. The first-order valence-corrected chi connectivity index (χ1v) is 24.6. The lowest BCUT2D eigenvalue weighted by Gasteiger charge is -2.27. The molecule has 0 saturated heterocycles. The number of benzene rings is 8. The topological polar surface area (TPSA) is 35.9 Å². The van der Waals surface area contributed by atoms with Gasteiger partial charge < -0.3 is 4.74 Å². The molecule has 72 heavy (non-hydrogen) atoms. The van der Waals surface area contributed by atoms with E-state index in [1.165, 1.54) is 0 Å². The second-order valence-electron chi connectivity index (χ2n) is 21.4. The van der Waals surface area contributed by atoms with E-state index in [1.807, 2.05) is 151 Å². The van der Waals surface area contributed by atoms with Gasteiger partial charge in [-0.05, 0) is 128 Å². The van der Waals surface area contributed by atoms with Crippen LogP contribution in [0.4, 0.5) is 0 Å². The number of imidazole rings is 1. The van der Waals surface area contributed by atoms with Gasteiger partial charge in [0.15, 0.2) is 0 Å². The van der Waals surface area contributed by atoms with Gasteiger partial charge >= 0.3 is 0 Å². The molecule has 0 aliphatic rings. The van der Waals surface area contributed by atoms with Crippen molar-refractivity contribution in [3.63, 3.8) is 0 Å². The number of aryl methyl sites for hydroxylation is 1. The molecule has 0 spiro atoms. The highest BCUT2D eigenvalue weighted by atomic mass is 16.5. The zero-order valence-corrected chi connectivity index (χ0v) is 42.4. The van der Waals surface area contributed by atoms with Gasteiger partial charge in [-0.25, -0.2) is 4.98 Å². The predicted octanol–water partition coefficient (Wildman–Crippen LogP) is 16.7. The maximum absolute atomic E-state index is 9.54. The zero-order chi connectivity index (χ0) is 56.1. The average Bonchev–Trinajstić information content (AvgIpc) is 4.20. The van der Waals surface area contributed by atoms with E-state index < -0.39 is 29.9 Å². The van der Waals surface area contributed by atoms with Gasteiger partial charge in [-0.2, -0.15) is 0 Å². The van der Waals surface area contributed by atoms with Crippen molar-refractivity contribution >= 4 is 32.8 Å². The molecular weight excluding hydrogens is 877 g/mol. The molecule has 0 amide bonds. The Bertz CT molecular complexity index is 4160. The summed E-state index contributed by atoms with van der Waals surface area (Å²) < 4.78 is 76.6. The third kappa shape index (κ3) is 8.68. The molecule has 11 aromatic rings. The van der Waals surface area contributed by atoms with Crippen LogP contribution in [0.3, 0.4) is 0 Å². The van der Waals surface area contributed by atoms with Crippen molar-refractivity contribution < 1.29 is 18.9 Å². The summed E-state index contributed by atoms with van der Waals surface area (Å²) in [5.74, 6) is 1.74. The van der Waals surface area contributed by atoms with Crippen LogP contribution in [0, 0.1) is 13.3 Å². The van der Waals surface area contributed by atoms with Crippen LogP contribution in [-0.4, -0.2) is 14.1 Å². The van der Waals surface area contributed by atoms with Crippen molar-refractivity contribution in [3.05, 3.63) is 234 Å². The van der Waals surface area contributed by atoms with Crippen LogP contribution < -0.4 is 9.30 Å². The molecule has 5 nitrogen and oxygen atoms in total. The number of aromatic nitrogens is 4. The van der Waals surface area contributed by atoms with Crippen LogP contribution in [0.5, 0.6) is 11.5 Å². The van der Waals surface area contributed by atoms with Gasteiger partial charge in [-0.15, -0.1) is 0 Å². The molecule has 0 saturated carbocycles. The highest BCUT2D eigenvalue weighted by molar-refractivity contribution is 6.09. The summed E-state index contributed by atoms with van der Waals surface area (Å²) in [7, 11) is 0. The Labute approximate surface area is 434 Å². The fourth-order valence-electron chi connectivity index (χ4n) is 9.92. The minimum Gasteiger partial charge on any atom is -0.458 e. The van der Waals surface area contributed by atoms with Crippen molar-refractivity contribution in [1.82, 2.24) is 14.1 Å². The number of rotatable bonds is 10. The second kappa shape index (κ2) is 18.0. The highest BCUT2D eigenvalue weighted by Gasteiger charge is 2.26. The Hall–Kier alpha value is -8.02. The van der Waals surface area contributed by atoms with Crippen LogP contribution in [0.2, 0.25) is 0 Å². The molecular formula is C67H62N4O. The third-order valence-electron chi connectivity index (χ3n) is 13.8. The zero-order valence-electron chi connectivity index (χ0n) is 49.4. The summed E-state index contributed by atoms with van der Waals surface area (Å²) in [6, 6.07) is 52.2. The molecule has 5 heteroatoms. The predicted molar refractivity (Wildman–Crippen MR) is 298 cm³/mol. The lowest BCUT2D eigenvalue weighted by Crippen LogP contribution is -2.32. The molecule has 11 rings (SSSR count). The van der Waals surface area contributed by atoms with Crippen molar-refractivity contribution in [2.24, 2.45) is 0 Å². The summed E-state index contributed by atoms with van der Waals surface area (Å²) in [6.07, 6.45) is 3.66. The first-order chi connectivity index (χ1) is 37.4. The van der Waals surface area contributed by atoms with Crippen molar-refractivity contribution in [2.75, 3.05) is 0 Å². The van der Waals surface area contributed by atoms with E-state index in [4.69, 9.17) is 13.8 Å². The molecule has 0 N–H and O–H groups in total. The third-order valence-corrected chi connectivity index (χ3v) is 13.8. The standard InChI is InChI=1S/C67H62N4O/c1-45-21-18-32-60-63(45)70(64-55(47-22-12-10-13-23-47)29-20-30-56(64)48-38-50(65(2,3)4)40-51(39-48)66(5,6)7)44-69(60)52-26-19-27-53(41-52)72-54-33-34-58-57-28-16-17-31-59(57)71(61(58)42-54)62-37-46(35-36-68-62)43-67(8,9)49-24-14-11-15-25-49/h10-42H,43H2,1-9H3/i10D,12D,13D,22D,23D,43D2. The normalized spacial score (nSPS) is 13.9. The van der Waals surface area contributed by atoms with Crippen LogP contribution in [0.25, 0.3) is 72.3 Å². The summed E-state index contributed by atoms with van der Waals surface area (Å²) in [5.41, 5.74) is 10.5. The van der Waals surface area contributed by atoms with E-state index in [1.54, 1.807) is 12.3 Å². The van der Waals surface area contributed by atoms with E-state index >= 15 is 0 Å². The van der Waals surface area contributed by atoms with E-state index in [0.717, 1.165) is 71.9 Å². The van der Waals surface area contributed by atoms with Crippen molar-refractivity contribution in [2.45, 2.75) is 84.9 Å². The van der Waals surface area contributed by atoms with E-state index in [-0.39, 0.29) is 28.5 Å². The van der Waals surface area contributed by atoms with Gasteiger partial charge in [0.1, 0.15) is 17.3 Å². The quantitative estimate of drug-likeness (QED) is 0.101. The molecule has 0 fully saturated rings. The Morgan fingerprint density at radius 2 is 1.24 bits per heavy atom.